The van der Waals surface area contributed by atoms with Crippen LogP contribution in [0.2, 0.25) is 0 Å². The van der Waals surface area contributed by atoms with Crippen LogP contribution >= 0.6 is 0 Å². The van der Waals surface area contributed by atoms with E-state index in [1.165, 1.54) is 0 Å². The van der Waals surface area contributed by atoms with Gasteiger partial charge in [-0.3, -0.25) is 9.98 Å². The van der Waals surface area contributed by atoms with E-state index in [9.17, 15) is 0 Å². The van der Waals surface area contributed by atoms with Crippen molar-refractivity contribution in [1.82, 2.24) is 0 Å². The number of rotatable bonds is 5. The van der Waals surface area contributed by atoms with Gasteiger partial charge in [-0.2, -0.15) is 0 Å². The molecule has 2 heteroatoms. The molecule has 0 aliphatic rings. The Hall–Kier alpha value is -1.18. The molecule has 2 nitrogen and oxygen atoms in total. The summed E-state index contributed by atoms with van der Waals surface area (Å²) in [5.41, 5.74) is -0.0478. The Morgan fingerprint density at radius 2 is 1.73 bits per heavy atom. The highest BCUT2D eigenvalue weighted by Crippen LogP contribution is 2.13. The van der Waals surface area contributed by atoms with E-state index in [1.54, 1.807) is 12.4 Å². The maximum atomic E-state index is 4.25. The second-order valence-corrected chi connectivity index (χ2v) is 4.41. The molecule has 0 bridgehead atoms. The third kappa shape index (κ3) is 9.13. The lowest BCUT2D eigenvalue weighted by molar-refractivity contribution is 0.692. The van der Waals surface area contributed by atoms with E-state index >= 15 is 0 Å². The van der Waals surface area contributed by atoms with Crippen LogP contribution in [0.5, 0.6) is 0 Å². The van der Waals surface area contributed by atoms with Crippen molar-refractivity contribution in [2.45, 2.75) is 34.6 Å². The monoisotopic (exact) mass is 206 g/mol. The van der Waals surface area contributed by atoms with Crippen molar-refractivity contribution in [3.05, 3.63) is 24.6 Å². The first-order valence-corrected chi connectivity index (χ1v) is 5.34. The van der Waals surface area contributed by atoms with Crippen molar-refractivity contribution in [1.29, 1.82) is 0 Å². The lowest BCUT2D eigenvalue weighted by atomic mass is 9.95. The minimum Gasteiger partial charge on any atom is -0.270 e. The van der Waals surface area contributed by atoms with Crippen LogP contribution in [0, 0.1) is 11.3 Å². The summed E-state index contributed by atoms with van der Waals surface area (Å²) >= 11 is 0. The summed E-state index contributed by atoms with van der Waals surface area (Å²) in [4.78, 5) is 8.28. The van der Waals surface area contributed by atoms with Gasteiger partial charge in [0.25, 0.3) is 0 Å². The summed E-state index contributed by atoms with van der Waals surface area (Å²) in [6, 6.07) is 0. The molecular weight excluding hydrogens is 184 g/mol. The number of aliphatic imine (C=N–C) groups is 2. The molecule has 0 fully saturated rings. The van der Waals surface area contributed by atoms with Gasteiger partial charge in [-0.05, 0) is 12.8 Å². The highest BCUT2D eigenvalue weighted by molar-refractivity contribution is 5.68. The predicted molar refractivity (Wildman–Crippen MR) is 69.6 cm³/mol. The van der Waals surface area contributed by atoms with Crippen molar-refractivity contribution in [3.8, 4) is 0 Å². The molecule has 84 valence electrons. The van der Waals surface area contributed by atoms with Crippen molar-refractivity contribution < 1.29 is 0 Å². The van der Waals surface area contributed by atoms with Gasteiger partial charge < -0.3 is 0 Å². The van der Waals surface area contributed by atoms with E-state index in [4.69, 9.17) is 0 Å². The minimum absolute atomic E-state index is 0.0478. The maximum Gasteiger partial charge on any atom is 0.0232 e. The number of hydrogen-bond donors (Lipinski definition) is 0. The third-order valence-electron chi connectivity index (χ3n) is 1.70. The van der Waals surface area contributed by atoms with E-state index in [0.717, 1.165) is 0 Å². The van der Waals surface area contributed by atoms with Crippen molar-refractivity contribution in [3.63, 3.8) is 0 Å². The summed E-state index contributed by atoms with van der Waals surface area (Å²) in [7, 11) is 0. The van der Waals surface area contributed by atoms with Crippen LogP contribution in [0.1, 0.15) is 34.6 Å². The molecule has 0 aromatic carbocycles. The smallest absolute Gasteiger partial charge is 0.0232 e. The van der Waals surface area contributed by atoms with Crippen molar-refractivity contribution >= 4 is 12.4 Å². The minimum atomic E-state index is -0.0478. The van der Waals surface area contributed by atoms with Crippen LogP contribution in [-0.2, 0) is 0 Å². The van der Waals surface area contributed by atoms with Gasteiger partial charge in [-0.25, -0.2) is 0 Å². The Bertz CT molecular complexity index is 268. The van der Waals surface area contributed by atoms with Crippen LogP contribution in [0.4, 0.5) is 0 Å². The van der Waals surface area contributed by atoms with Crippen LogP contribution in [0.3, 0.4) is 0 Å². The fraction of sp³-hybridized carbons (Fsp3) is 0.538. The molecule has 0 unspecified atom stereocenters. The van der Waals surface area contributed by atoms with Crippen molar-refractivity contribution in [2.24, 2.45) is 21.3 Å². The summed E-state index contributed by atoms with van der Waals surface area (Å²) in [6.07, 6.45) is 11.4. The Morgan fingerprint density at radius 3 is 2.27 bits per heavy atom. The van der Waals surface area contributed by atoms with Gasteiger partial charge in [-0.15, -0.1) is 0 Å². The van der Waals surface area contributed by atoms with Gasteiger partial charge in [0, 0.05) is 30.2 Å². The number of nitrogens with zero attached hydrogens (tertiary/aromatic N) is 2. The van der Waals surface area contributed by atoms with Crippen molar-refractivity contribution in [2.75, 3.05) is 0 Å². The summed E-state index contributed by atoms with van der Waals surface area (Å²) in [5.74, 6) is 0.547. The molecular formula is C13H22N2. The van der Waals surface area contributed by atoms with Crippen LogP contribution in [0.25, 0.3) is 0 Å². The van der Waals surface area contributed by atoms with Crippen LogP contribution in [-0.4, -0.2) is 12.4 Å². The average Bonchev–Trinajstić information content (AvgIpc) is 2.13. The van der Waals surface area contributed by atoms with E-state index in [0.29, 0.717) is 5.92 Å². The molecule has 0 saturated carbocycles. The zero-order chi connectivity index (χ0) is 11.7. The fourth-order valence-corrected chi connectivity index (χ4v) is 0.821. The summed E-state index contributed by atoms with van der Waals surface area (Å²) in [6.45, 7) is 10.4. The molecule has 0 spiro atoms. The molecule has 0 aromatic heterocycles. The van der Waals surface area contributed by atoms with Gasteiger partial charge >= 0.3 is 0 Å². The SMILES string of the molecule is CC=N/C=C\C(C)(C)C=N/C=C/C(C)C. The topological polar surface area (TPSA) is 24.7 Å². The standard InChI is InChI=1S/C13H22N2/c1-6-14-10-8-13(4,5)11-15-9-7-12(2)3/h6-12H,1-5H3/b9-7+,10-8-,14-6?,15-11?. The molecule has 0 N–H and O–H groups in total. The molecule has 0 amide bonds. The summed E-state index contributed by atoms with van der Waals surface area (Å²) < 4.78 is 0. The first-order valence-electron chi connectivity index (χ1n) is 5.34. The Balaban J connectivity index is 4.24. The highest BCUT2D eigenvalue weighted by Gasteiger charge is 2.08. The van der Waals surface area contributed by atoms with Gasteiger partial charge in [-0.1, -0.05) is 39.8 Å². The predicted octanol–water partition coefficient (Wildman–Crippen LogP) is 3.86. The van der Waals surface area contributed by atoms with Gasteiger partial charge in [0.15, 0.2) is 0 Å². The lowest BCUT2D eigenvalue weighted by Gasteiger charge is -2.11. The summed E-state index contributed by atoms with van der Waals surface area (Å²) in [5, 5.41) is 0. The molecule has 0 aliphatic heterocycles. The molecule has 0 atom stereocenters. The maximum absolute atomic E-state index is 4.25. The van der Waals surface area contributed by atoms with E-state index in [1.807, 2.05) is 25.4 Å². The third-order valence-corrected chi connectivity index (χ3v) is 1.70. The molecule has 0 radical (unpaired) electrons. The lowest BCUT2D eigenvalue weighted by Crippen LogP contribution is -2.08. The quantitative estimate of drug-likeness (QED) is 0.610. The second kappa shape index (κ2) is 7.16. The molecule has 0 heterocycles. The Morgan fingerprint density at radius 1 is 1.07 bits per heavy atom. The molecule has 15 heavy (non-hydrogen) atoms. The van der Waals surface area contributed by atoms with Gasteiger partial charge in [0.1, 0.15) is 0 Å². The highest BCUT2D eigenvalue weighted by atomic mass is 14.7. The van der Waals surface area contributed by atoms with E-state index in [-0.39, 0.29) is 5.41 Å². The molecule has 0 saturated heterocycles. The molecule has 0 rings (SSSR count). The second-order valence-electron chi connectivity index (χ2n) is 4.41. The first kappa shape index (κ1) is 13.8. The first-order chi connectivity index (χ1) is 6.98. The average molecular weight is 206 g/mol. The number of allylic oxidation sites excluding steroid dienone is 2. The van der Waals surface area contributed by atoms with E-state index in [2.05, 4.69) is 43.8 Å². The van der Waals surface area contributed by atoms with Crippen LogP contribution in [0.15, 0.2) is 34.5 Å². The zero-order valence-electron chi connectivity index (χ0n) is 10.4. The zero-order valence-corrected chi connectivity index (χ0v) is 10.4. The Kier molecular flexibility index (Phi) is 6.59. The number of hydrogen-bond acceptors (Lipinski definition) is 2. The Labute approximate surface area is 93.5 Å². The largest absolute Gasteiger partial charge is 0.270 e. The van der Waals surface area contributed by atoms with Gasteiger partial charge in [0.2, 0.25) is 0 Å². The van der Waals surface area contributed by atoms with Crippen LogP contribution < -0.4 is 0 Å². The van der Waals surface area contributed by atoms with E-state index < -0.39 is 0 Å². The molecule has 0 aromatic rings. The molecule has 0 aliphatic carbocycles. The van der Waals surface area contributed by atoms with Gasteiger partial charge in [0.05, 0.1) is 0 Å². The fourth-order valence-electron chi connectivity index (χ4n) is 0.821. The normalized spacial score (nSPS) is 14.5.